The number of fused-ring (bicyclic) bond motifs is 2. The second-order valence-electron chi connectivity index (χ2n) is 16.1. The van der Waals surface area contributed by atoms with E-state index >= 15 is 0 Å². The molecule has 0 aliphatic rings. The van der Waals surface area contributed by atoms with Gasteiger partial charge in [0, 0.05) is 56.3 Å². The molecule has 0 saturated carbocycles. The Kier molecular flexibility index (Phi) is 10.2. The third-order valence-electron chi connectivity index (χ3n) is 12.1. The van der Waals surface area contributed by atoms with Crippen molar-refractivity contribution in [1.29, 1.82) is 5.26 Å². The van der Waals surface area contributed by atoms with Crippen molar-refractivity contribution < 1.29 is 0 Å². The van der Waals surface area contributed by atoms with Crippen molar-refractivity contribution in [3.63, 3.8) is 0 Å². The summed E-state index contributed by atoms with van der Waals surface area (Å²) in [5.74, 6) is 0. The molecule has 6 heteroatoms. The summed E-state index contributed by atoms with van der Waals surface area (Å²) in [6.07, 6.45) is 0. The van der Waals surface area contributed by atoms with Crippen LogP contribution in [0.2, 0.25) is 0 Å². The topological polar surface area (TPSA) is 44.5 Å². The highest BCUT2D eigenvalue weighted by Gasteiger charge is 2.20. The van der Waals surface area contributed by atoms with Crippen LogP contribution in [0.1, 0.15) is 5.56 Å². The molecule has 11 rings (SSSR count). The third-order valence-corrected chi connectivity index (χ3v) is 12.1. The zero-order valence-electron chi connectivity index (χ0n) is 35.8. The summed E-state index contributed by atoms with van der Waals surface area (Å²) in [5, 5.41) is 11.8. The fraction of sp³-hybridized carbons (Fsp3) is 0. The molecule has 9 aromatic carbocycles. The van der Waals surface area contributed by atoms with Gasteiger partial charge >= 0.3 is 0 Å². The molecule has 11 aromatic rings. The summed E-state index contributed by atoms with van der Waals surface area (Å²) in [4.78, 5) is 8.22. The fourth-order valence-electron chi connectivity index (χ4n) is 9.02. The smallest absolute Gasteiger partial charge is 0.187 e. The van der Waals surface area contributed by atoms with Crippen molar-refractivity contribution in [2.24, 2.45) is 0 Å². The highest BCUT2D eigenvalue weighted by molar-refractivity contribution is 6.02. The van der Waals surface area contributed by atoms with E-state index in [2.05, 4.69) is 200 Å². The Morgan fingerprint density at radius 2 is 0.712 bits per heavy atom. The Bertz CT molecular complexity index is 3230. The van der Waals surface area contributed by atoms with Gasteiger partial charge in [0.05, 0.1) is 40.6 Å². The number of benzene rings is 9. The average Bonchev–Trinajstić information content (AvgIpc) is 3.95. The van der Waals surface area contributed by atoms with Crippen molar-refractivity contribution in [3.05, 3.63) is 260 Å². The van der Waals surface area contributed by atoms with Crippen LogP contribution in [0.4, 0.5) is 39.8 Å². The van der Waals surface area contributed by atoms with Crippen LogP contribution in [0.15, 0.2) is 243 Å². The first kappa shape index (κ1) is 39.5. The molecule has 0 saturated heterocycles. The molecule has 0 radical (unpaired) electrons. The largest absolute Gasteiger partial charge is 0.311 e. The SMILES string of the molecule is [C-]#[N+]c1ccc(-c2cc3cc4c(cc(-c5ccc(C#N)cc5)n4-c4ccc(N(c5ccccc5)c5ccccc5)cc4)cc3n2-c2ccc(N(c3ccccc3)c3ccccc3)cc2)cc1. The maximum absolute atomic E-state index is 9.69. The van der Waals surface area contributed by atoms with Gasteiger partial charge in [0.1, 0.15) is 0 Å². The minimum Gasteiger partial charge on any atom is -0.311 e. The van der Waals surface area contributed by atoms with Crippen LogP contribution in [-0.4, -0.2) is 9.13 Å². The maximum atomic E-state index is 9.69. The number of anilines is 6. The lowest BCUT2D eigenvalue weighted by Crippen LogP contribution is -2.09. The van der Waals surface area contributed by atoms with Crippen molar-refractivity contribution in [1.82, 2.24) is 9.13 Å². The lowest BCUT2D eigenvalue weighted by Gasteiger charge is -2.25. The van der Waals surface area contributed by atoms with E-state index in [-0.39, 0.29) is 0 Å². The molecule has 0 fully saturated rings. The van der Waals surface area contributed by atoms with E-state index in [0.717, 1.165) is 89.8 Å². The van der Waals surface area contributed by atoms with Crippen molar-refractivity contribution in [2.75, 3.05) is 9.80 Å². The summed E-state index contributed by atoms with van der Waals surface area (Å²) in [6.45, 7) is 7.63. The fourth-order valence-corrected chi connectivity index (χ4v) is 9.02. The summed E-state index contributed by atoms with van der Waals surface area (Å²) in [6, 6.07) is 86.3. The van der Waals surface area contributed by atoms with Crippen LogP contribution >= 0.6 is 0 Å². The third kappa shape index (κ3) is 7.31. The number of nitrogens with zero attached hydrogens (tertiary/aromatic N) is 6. The minimum atomic E-state index is 0.601. The second-order valence-corrected chi connectivity index (χ2v) is 16.1. The molecule has 6 nitrogen and oxygen atoms in total. The molecule has 66 heavy (non-hydrogen) atoms. The van der Waals surface area contributed by atoms with Gasteiger partial charge in [-0.2, -0.15) is 5.26 Å². The number of rotatable bonds is 10. The first-order valence-corrected chi connectivity index (χ1v) is 21.8. The molecular formula is C60H40N6. The van der Waals surface area contributed by atoms with Gasteiger partial charge in [-0.15, -0.1) is 0 Å². The summed E-state index contributed by atoms with van der Waals surface area (Å²) >= 11 is 0. The average molecular weight is 845 g/mol. The Labute approximate surface area is 383 Å². The predicted octanol–water partition coefficient (Wildman–Crippen LogP) is 16.3. The van der Waals surface area contributed by atoms with E-state index in [9.17, 15) is 5.26 Å². The van der Waals surface area contributed by atoms with Crippen molar-refractivity contribution in [3.8, 4) is 40.0 Å². The van der Waals surface area contributed by atoms with Crippen LogP contribution in [0.25, 0.3) is 60.5 Å². The van der Waals surface area contributed by atoms with E-state index in [4.69, 9.17) is 6.57 Å². The van der Waals surface area contributed by atoms with Gasteiger partial charge in [-0.3, -0.25) is 0 Å². The maximum Gasteiger partial charge on any atom is 0.187 e. The van der Waals surface area contributed by atoms with E-state index in [1.54, 1.807) is 0 Å². The lowest BCUT2D eigenvalue weighted by atomic mass is 10.1. The molecule has 0 amide bonds. The molecule has 2 aromatic heterocycles. The highest BCUT2D eigenvalue weighted by Crippen LogP contribution is 2.41. The zero-order chi connectivity index (χ0) is 44.4. The van der Waals surface area contributed by atoms with Crippen LogP contribution in [0.3, 0.4) is 0 Å². The Morgan fingerprint density at radius 3 is 1.05 bits per heavy atom. The number of hydrogen-bond donors (Lipinski definition) is 0. The lowest BCUT2D eigenvalue weighted by molar-refractivity contribution is 1.13. The van der Waals surface area contributed by atoms with Crippen LogP contribution in [0.5, 0.6) is 0 Å². The number of para-hydroxylation sites is 4. The quantitative estimate of drug-likeness (QED) is 0.129. The normalized spacial score (nSPS) is 11.0. The Balaban J connectivity index is 1.08. The predicted molar refractivity (Wildman–Crippen MR) is 271 cm³/mol. The van der Waals surface area contributed by atoms with Gasteiger partial charge in [0.25, 0.3) is 0 Å². The molecule has 0 aliphatic carbocycles. The van der Waals surface area contributed by atoms with Crippen molar-refractivity contribution >= 4 is 61.6 Å². The van der Waals surface area contributed by atoms with Gasteiger partial charge in [-0.25, -0.2) is 4.85 Å². The van der Waals surface area contributed by atoms with E-state index in [0.29, 0.717) is 11.3 Å². The van der Waals surface area contributed by atoms with Crippen LogP contribution in [-0.2, 0) is 0 Å². The molecule has 0 unspecified atom stereocenters. The summed E-state index contributed by atoms with van der Waals surface area (Å²) in [5.41, 5.74) is 15.8. The number of hydrogen-bond acceptors (Lipinski definition) is 3. The van der Waals surface area contributed by atoms with E-state index < -0.39 is 0 Å². The summed E-state index contributed by atoms with van der Waals surface area (Å²) < 4.78 is 4.66. The van der Waals surface area contributed by atoms with Gasteiger partial charge < -0.3 is 18.9 Å². The van der Waals surface area contributed by atoms with E-state index in [1.165, 1.54) is 0 Å². The standard InChI is InChI=1S/C60H40N6/c1-62-48-28-26-45(27-29-48)58-39-47-41-59-46(40-60(47)66(58)56-36-32-54(33-37-56)64(51-18-10-4-11-19-51)52-20-12-5-13-21-52)38-57(44-24-22-43(42-61)23-25-44)65(59)55-34-30-53(31-35-55)63(49-14-6-2-7-15-49)50-16-8-3-9-17-50/h2-41H. The number of aromatic nitrogens is 2. The zero-order valence-corrected chi connectivity index (χ0v) is 35.8. The molecule has 0 aliphatic heterocycles. The summed E-state index contributed by atoms with van der Waals surface area (Å²) in [7, 11) is 0. The molecule has 0 bridgehead atoms. The van der Waals surface area contributed by atoms with E-state index in [1.807, 2.05) is 72.8 Å². The molecule has 0 N–H and O–H groups in total. The van der Waals surface area contributed by atoms with Crippen LogP contribution < -0.4 is 9.80 Å². The highest BCUT2D eigenvalue weighted by atomic mass is 15.1. The van der Waals surface area contributed by atoms with Gasteiger partial charge in [0.2, 0.25) is 0 Å². The van der Waals surface area contributed by atoms with Crippen molar-refractivity contribution in [2.45, 2.75) is 0 Å². The Hall–Kier alpha value is -9.36. The van der Waals surface area contributed by atoms with Gasteiger partial charge in [0.15, 0.2) is 5.69 Å². The first-order valence-electron chi connectivity index (χ1n) is 21.8. The van der Waals surface area contributed by atoms with Gasteiger partial charge in [-0.1, -0.05) is 109 Å². The molecular weight excluding hydrogens is 805 g/mol. The first-order chi connectivity index (χ1) is 32.6. The second kappa shape index (κ2) is 17.1. The molecule has 2 heterocycles. The molecule has 310 valence electrons. The van der Waals surface area contributed by atoms with Crippen LogP contribution in [0, 0.1) is 17.9 Å². The monoisotopic (exact) mass is 844 g/mol. The molecule has 0 atom stereocenters. The van der Waals surface area contributed by atoms with Gasteiger partial charge in [-0.05, 0) is 145 Å². The number of nitriles is 1. The minimum absolute atomic E-state index is 0.601. The molecule has 0 spiro atoms. The Morgan fingerprint density at radius 1 is 0.379 bits per heavy atom.